The predicted octanol–water partition coefficient (Wildman–Crippen LogP) is -0.741. The maximum absolute atomic E-state index is 11.0. The van der Waals surface area contributed by atoms with E-state index < -0.39 is 0 Å². The number of nitrogens with one attached hydrogen (secondary N) is 2. The molecule has 0 rings (SSSR count). The Morgan fingerprint density at radius 1 is 1.24 bits per heavy atom. The first-order valence-corrected chi connectivity index (χ1v) is 6.83. The van der Waals surface area contributed by atoms with Crippen LogP contribution in [0.5, 0.6) is 0 Å². The Balaban J connectivity index is 3.15. The quantitative estimate of drug-likeness (QED) is 0.221. The van der Waals surface area contributed by atoms with Crippen LogP contribution in [-0.2, 0) is 14.4 Å². The van der Waals surface area contributed by atoms with Gasteiger partial charge in [0.05, 0.1) is 18.1 Å². The van der Waals surface area contributed by atoms with E-state index in [1.165, 1.54) is 0 Å². The summed E-state index contributed by atoms with van der Waals surface area (Å²) in [4.78, 5) is 31.6. The normalized spacial score (nSPS) is 9.65. The molecule has 0 unspecified atom stereocenters. The van der Waals surface area contributed by atoms with Gasteiger partial charge in [0, 0.05) is 0 Å². The molecular formula is C10H19BN2O3S. The van der Waals surface area contributed by atoms with Crippen molar-refractivity contribution in [2.24, 2.45) is 0 Å². The number of carbonyl (C=O) groups is 3. The van der Waals surface area contributed by atoms with Crippen molar-refractivity contribution < 1.29 is 14.4 Å². The summed E-state index contributed by atoms with van der Waals surface area (Å²) < 4.78 is 0. The summed E-state index contributed by atoms with van der Waals surface area (Å²) in [5, 5.41) is 4.97. The molecule has 17 heavy (non-hydrogen) atoms. The summed E-state index contributed by atoms with van der Waals surface area (Å²) in [5.41, 5.74) is 0.243. The minimum Gasteiger partial charge on any atom is -0.350 e. The highest BCUT2D eigenvalue weighted by Gasteiger charge is 1.98. The fourth-order valence-electron chi connectivity index (χ4n) is 1.16. The molecule has 0 saturated heterocycles. The number of unbranched alkanes of at least 4 members (excludes halogenated alkanes) is 2. The predicted molar refractivity (Wildman–Crippen MR) is 71.6 cm³/mol. The molecule has 96 valence electrons. The van der Waals surface area contributed by atoms with Crippen molar-refractivity contribution in [3.05, 3.63) is 0 Å². The second-order valence-electron chi connectivity index (χ2n) is 3.66. The van der Waals surface area contributed by atoms with E-state index in [1.807, 2.05) is 0 Å². The van der Waals surface area contributed by atoms with Gasteiger partial charge in [0.15, 0.2) is 7.85 Å². The fourth-order valence-corrected chi connectivity index (χ4v) is 1.97. The topological polar surface area (TPSA) is 75.3 Å². The molecule has 0 heterocycles. The van der Waals surface area contributed by atoms with Gasteiger partial charge in [-0.15, -0.1) is 11.8 Å². The maximum atomic E-state index is 11.0. The van der Waals surface area contributed by atoms with E-state index >= 15 is 0 Å². The Labute approximate surface area is 107 Å². The van der Waals surface area contributed by atoms with Crippen LogP contribution in [0.3, 0.4) is 0 Å². The van der Waals surface area contributed by atoms with E-state index in [-0.39, 0.29) is 18.1 Å². The minimum absolute atomic E-state index is 0.0304. The molecule has 0 fully saturated rings. The first-order valence-electron chi connectivity index (χ1n) is 5.67. The minimum atomic E-state index is -0.179. The van der Waals surface area contributed by atoms with Crippen molar-refractivity contribution in [2.75, 3.05) is 18.2 Å². The first kappa shape index (κ1) is 16.0. The number of hydrogen-bond acceptors (Lipinski definition) is 4. The lowest BCUT2D eigenvalue weighted by molar-refractivity contribution is -0.121. The molecule has 7 heteroatoms. The Bertz CT molecular complexity index is 252. The number of rotatable bonds is 11. The summed E-state index contributed by atoms with van der Waals surface area (Å²) >= 11 is 1.64. The van der Waals surface area contributed by atoms with E-state index in [2.05, 4.69) is 10.6 Å². The van der Waals surface area contributed by atoms with Gasteiger partial charge in [-0.3, -0.25) is 9.59 Å². The second kappa shape index (κ2) is 11.5. The van der Waals surface area contributed by atoms with E-state index in [0.717, 1.165) is 25.0 Å². The monoisotopic (exact) mass is 258 g/mol. The molecule has 0 aromatic carbocycles. The molecule has 5 nitrogen and oxygen atoms in total. The van der Waals surface area contributed by atoms with E-state index in [1.54, 1.807) is 19.6 Å². The molecule has 0 atom stereocenters. The molecule has 2 amide bonds. The average Bonchev–Trinajstić information content (AvgIpc) is 2.29. The van der Waals surface area contributed by atoms with Crippen molar-refractivity contribution in [2.45, 2.75) is 25.7 Å². The smallest absolute Gasteiger partial charge is 0.240 e. The van der Waals surface area contributed by atoms with Gasteiger partial charge >= 0.3 is 0 Å². The molecule has 2 N–H and O–H groups in total. The number of hydrogen-bond donors (Lipinski definition) is 2. The Morgan fingerprint density at radius 3 is 2.65 bits per heavy atom. The van der Waals surface area contributed by atoms with Gasteiger partial charge in [-0.1, -0.05) is 6.42 Å². The molecule has 0 spiro atoms. The van der Waals surface area contributed by atoms with Gasteiger partial charge in [-0.25, -0.2) is 0 Å². The van der Waals surface area contributed by atoms with Crippen LogP contribution >= 0.6 is 11.8 Å². The summed E-state index contributed by atoms with van der Waals surface area (Å²) in [7, 11) is 1.61. The molecular weight excluding hydrogens is 239 g/mol. The third-order valence-corrected chi connectivity index (χ3v) is 2.96. The summed E-state index contributed by atoms with van der Waals surface area (Å²) in [6.45, 7) is 0.0304. The van der Waals surface area contributed by atoms with Crippen LogP contribution in [0.2, 0.25) is 0 Å². The maximum Gasteiger partial charge on any atom is 0.240 e. The Hall–Kier alpha value is -0.975. The van der Waals surface area contributed by atoms with Gasteiger partial charge in [0.2, 0.25) is 12.3 Å². The molecule has 0 aromatic rings. The third-order valence-electron chi connectivity index (χ3n) is 2.03. The van der Waals surface area contributed by atoms with E-state index in [4.69, 9.17) is 0 Å². The zero-order chi connectivity index (χ0) is 12.9. The number of thioether (sulfide) groups is 1. The highest BCUT2D eigenvalue weighted by Crippen LogP contribution is 2.06. The molecule has 0 bridgehead atoms. The van der Waals surface area contributed by atoms with Crippen LogP contribution in [0.1, 0.15) is 25.7 Å². The van der Waals surface area contributed by atoms with Crippen LogP contribution in [0.4, 0.5) is 0 Å². The summed E-state index contributed by atoms with van der Waals surface area (Å²) in [6.07, 6.45) is 4.22. The number of amides is 2. The zero-order valence-electron chi connectivity index (χ0n) is 10.2. The highest BCUT2D eigenvalue weighted by atomic mass is 32.2. The van der Waals surface area contributed by atoms with Crippen LogP contribution < -0.4 is 10.6 Å². The average molecular weight is 258 g/mol. The first-order chi connectivity index (χ1) is 8.16. The zero-order valence-corrected chi connectivity index (χ0v) is 11.0. The van der Waals surface area contributed by atoms with Crippen LogP contribution in [0.25, 0.3) is 0 Å². The van der Waals surface area contributed by atoms with Gasteiger partial charge < -0.3 is 15.4 Å². The van der Waals surface area contributed by atoms with Crippen LogP contribution in [-0.4, -0.2) is 44.0 Å². The fraction of sp³-hybridized carbons (Fsp3) is 0.700. The SMILES string of the molecule is BC(=O)CCCCCSCNC(=O)CNC=O. The largest absolute Gasteiger partial charge is 0.350 e. The lowest BCUT2D eigenvalue weighted by Gasteiger charge is -2.04. The van der Waals surface area contributed by atoms with Crippen molar-refractivity contribution in [3.63, 3.8) is 0 Å². The van der Waals surface area contributed by atoms with Crippen LogP contribution in [0.15, 0.2) is 0 Å². The summed E-state index contributed by atoms with van der Waals surface area (Å²) in [6, 6.07) is 0. The number of carbonyl (C=O) groups excluding carboxylic acids is 3. The van der Waals surface area contributed by atoms with Crippen molar-refractivity contribution in [3.8, 4) is 0 Å². The highest BCUT2D eigenvalue weighted by molar-refractivity contribution is 7.99. The molecule has 0 aliphatic carbocycles. The molecule has 0 aliphatic heterocycles. The Morgan fingerprint density at radius 2 is 2.00 bits per heavy atom. The second-order valence-corrected chi connectivity index (χ2v) is 4.77. The summed E-state index contributed by atoms with van der Waals surface area (Å²) in [5.74, 6) is 1.35. The Kier molecular flexibility index (Phi) is 10.8. The molecule has 0 radical (unpaired) electrons. The van der Waals surface area contributed by atoms with Gasteiger partial charge in [0.25, 0.3) is 0 Å². The van der Waals surface area contributed by atoms with Crippen molar-refractivity contribution >= 4 is 37.6 Å². The standard InChI is InChI=1S/C10H19BN2O3S/c11-9(15)4-2-1-3-5-17-8-13-10(16)6-12-7-14/h7H,1-6,8,11H2,(H,12,14)(H,13,16). The van der Waals surface area contributed by atoms with Gasteiger partial charge in [-0.05, 0) is 25.0 Å². The van der Waals surface area contributed by atoms with Crippen molar-refractivity contribution in [1.82, 2.24) is 10.6 Å². The van der Waals surface area contributed by atoms with E-state index in [9.17, 15) is 14.4 Å². The van der Waals surface area contributed by atoms with E-state index in [0.29, 0.717) is 18.7 Å². The lowest BCUT2D eigenvalue weighted by atomic mass is 9.97. The molecule has 0 saturated carbocycles. The van der Waals surface area contributed by atoms with Crippen molar-refractivity contribution in [1.29, 1.82) is 0 Å². The van der Waals surface area contributed by atoms with Crippen LogP contribution in [0, 0.1) is 0 Å². The molecule has 0 aliphatic rings. The van der Waals surface area contributed by atoms with Gasteiger partial charge in [-0.2, -0.15) is 0 Å². The third kappa shape index (κ3) is 13.0. The molecule has 0 aromatic heterocycles. The lowest BCUT2D eigenvalue weighted by Crippen LogP contribution is -2.32. The van der Waals surface area contributed by atoms with Gasteiger partial charge in [0.1, 0.15) is 0 Å².